The van der Waals surface area contributed by atoms with Gasteiger partial charge in [-0.2, -0.15) is 0 Å². The molecule has 1 aromatic heterocycles. The Morgan fingerprint density at radius 2 is 1.59 bits per heavy atom. The normalized spacial score (nSPS) is 11.1. The highest BCUT2D eigenvalue weighted by molar-refractivity contribution is 6.00. The third-order valence-corrected chi connectivity index (χ3v) is 3.78. The van der Waals surface area contributed by atoms with Crippen LogP contribution in [0.4, 0.5) is 5.88 Å². The van der Waals surface area contributed by atoms with Gasteiger partial charge in [0.05, 0.1) is 0 Å². The van der Waals surface area contributed by atoms with Crippen LogP contribution in [0.25, 0.3) is 32.9 Å². The van der Waals surface area contributed by atoms with Crippen LogP contribution in [0.2, 0.25) is 0 Å². The lowest BCUT2D eigenvalue weighted by Gasteiger charge is -2.02. The molecule has 0 spiro atoms. The highest BCUT2D eigenvalue weighted by atomic mass is 16.6. The predicted molar refractivity (Wildman–Crippen MR) is 85.8 cm³/mol. The minimum Gasteiger partial charge on any atom is -0.400 e. The molecule has 0 aliphatic heterocycles. The van der Waals surface area contributed by atoms with Crippen molar-refractivity contribution in [2.24, 2.45) is 0 Å². The van der Waals surface area contributed by atoms with Crippen molar-refractivity contribution in [1.29, 1.82) is 0 Å². The second kappa shape index (κ2) is 4.70. The van der Waals surface area contributed by atoms with Crippen molar-refractivity contribution < 1.29 is 9.34 Å². The molecule has 4 rings (SSSR count). The molecule has 4 aromatic rings. The molecule has 0 aliphatic rings. The Morgan fingerprint density at radius 1 is 0.864 bits per heavy atom. The number of hydrogen-bond acceptors (Lipinski definition) is 3. The molecule has 1 heterocycles. The number of fused-ring (bicyclic) bond motifs is 2. The van der Waals surface area contributed by atoms with Crippen LogP contribution >= 0.6 is 0 Å². The minimum absolute atomic E-state index is 0.212. The zero-order valence-electron chi connectivity index (χ0n) is 11.5. The summed E-state index contributed by atoms with van der Waals surface area (Å²) in [6, 6.07) is 21.0. The van der Waals surface area contributed by atoms with Crippen molar-refractivity contribution in [3.8, 4) is 11.1 Å². The maximum atomic E-state index is 11.3. The molecule has 22 heavy (non-hydrogen) atoms. The third-order valence-electron chi connectivity index (χ3n) is 3.78. The Bertz CT molecular complexity index is 1020. The molecule has 0 saturated carbocycles. The van der Waals surface area contributed by atoms with Gasteiger partial charge in [0.25, 0.3) is 0 Å². The van der Waals surface area contributed by atoms with Crippen LogP contribution < -0.4 is 0 Å². The number of nitro groups is 1. The second-order valence-corrected chi connectivity index (χ2v) is 5.10. The van der Waals surface area contributed by atoms with Crippen molar-refractivity contribution in [3.05, 3.63) is 76.8 Å². The first-order chi connectivity index (χ1) is 10.7. The number of para-hydroxylation sites is 1. The summed E-state index contributed by atoms with van der Waals surface area (Å²) in [4.78, 5) is 10.9. The average molecular weight is 289 g/mol. The van der Waals surface area contributed by atoms with E-state index in [1.807, 2.05) is 54.6 Å². The molecular formula is C18H11NO3. The van der Waals surface area contributed by atoms with Gasteiger partial charge in [0.2, 0.25) is 0 Å². The highest BCUT2D eigenvalue weighted by Crippen LogP contribution is 2.40. The third kappa shape index (κ3) is 1.85. The topological polar surface area (TPSA) is 56.3 Å². The van der Waals surface area contributed by atoms with Crippen molar-refractivity contribution >= 4 is 27.6 Å². The first-order valence-corrected chi connectivity index (χ1v) is 6.89. The number of benzene rings is 3. The van der Waals surface area contributed by atoms with E-state index >= 15 is 0 Å². The predicted octanol–water partition coefficient (Wildman–Crippen LogP) is 5.16. The Kier molecular flexibility index (Phi) is 2.69. The van der Waals surface area contributed by atoms with Gasteiger partial charge in [-0.3, -0.25) is 10.1 Å². The summed E-state index contributed by atoms with van der Waals surface area (Å²) in [7, 11) is 0. The van der Waals surface area contributed by atoms with E-state index in [9.17, 15) is 10.1 Å². The number of nitrogens with zero attached hydrogens (tertiary/aromatic N) is 1. The fourth-order valence-electron chi connectivity index (χ4n) is 2.78. The number of furan rings is 1. The first kappa shape index (κ1) is 12.6. The van der Waals surface area contributed by atoms with Crippen molar-refractivity contribution in [3.63, 3.8) is 0 Å². The SMILES string of the molecule is O=[N+]([O-])c1oc2ccccc2c1-c1ccc2ccccc2c1. The molecule has 0 aliphatic carbocycles. The standard InChI is InChI=1S/C18H11NO3/c20-19(21)18-17(15-7-3-4-8-16(15)22-18)14-10-9-12-5-1-2-6-13(12)11-14/h1-11H. The highest BCUT2D eigenvalue weighted by Gasteiger charge is 2.25. The zero-order chi connectivity index (χ0) is 15.1. The van der Waals surface area contributed by atoms with Gasteiger partial charge in [0.1, 0.15) is 16.1 Å². The molecular weight excluding hydrogens is 278 g/mol. The molecule has 0 N–H and O–H groups in total. The Labute approximate surface area is 125 Å². The van der Waals surface area contributed by atoms with Gasteiger partial charge in [0, 0.05) is 5.39 Å². The summed E-state index contributed by atoms with van der Waals surface area (Å²) in [6.07, 6.45) is 0. The second-order valence-electron chi connectivity index (χ2n) is 5.10. The Morgan fingerprint density at radius 3 is 2.41 bits per heavy atom. The van der Waals surface area contributed by atoms with E-state index in [4.69, 9.17) is 4.42 Å². The van der Waals surface area contributed by atoms with Crippen molar-refractivity contribution in [2.75, 3.05) is 0 Å². The first-order valence-electron chi connectivity index (χ1n) is 6.89. The maximum absolute atomic E-state index is 11.3. The van der Waals surface area contributed by atoms with E-state index in [1.165, 1.54) is 0 Å². The van der Waals surface area contributed by atoms with E-state index in [0.29, 0.717) is 11.1 Å². The van der Waals surface area contributed by atoms with Gasteiger partial charge in [0.15, 0.2) is 0 Å². The van der Waals surface area contributed by atoms with Gasteiger partial charge >= 0.3 is 5.88 Å². The van der Waals surface area contributed by atoms with Gasteiger partial charge in [-0.25, -0.2) is 0 Å². The fraction of sp³-hybridized carbons (Fsp3) is 0. The molecule has 0 atom stereocenters. The van der Waals surface area contributed by atoms with Crippen LogP contribution in [0.1, 0.15) is 0 Å². The Hall–Kier alpha value is -3.14. The van der Waals surface area contributed by atoms with E-state index in [1.54, 1.807) is 12.1 Å². The quantitative estimate of drug-likeness (QED) is 0.378. The molecule has 0 bridgehead atoms. The monoisotopic (exact) mass is 289 g/mol. The van der Waals surface area contributed by atoms with Crippen LogP contribution in [-0.2, 0) is 0 Å². The molecule has 0 unspecified atom stereocenters. The average Bonchev–Trinajstić information content (AvgIpc) is 2.94. The van der Waals surface area contributed by atoms with Gasteiger partial charge < -0.3 is 4.42 Å². The Balaban J connectivity index is 2.06. The molecule has 4 heteroatoms. The fourth-order valence-corrected chi connectivity index (χ4v) is 2.78. The van der Waals surface area contributed by atoms with Crippen LogP contribution in [0.3, 0.4) is 0 Å². The molecule has 0 amide bonds. The summed E-state index contributed by atoms with van der Waals surface area (Å²) in [5.41, 5.74) is 1.85. The lowest BCUT2D eigenvalue weighted by Crippen LogP contribution is -1.88. The summed E-state index contributed by atoms with van der Waals surface area (Å²) < 4.78 is 5.43. The van der Waals surface area contributed by atoms with Gasteiger partial charge in [-0.1, -0.05) is 54.6 Å². The van der Waals surface area contributed by atoms with E-state index in [0.717, 1.165) is 21.7 Å². The van der Waals surface area contributed by atoms with Crippen molar-refractivity contribution in [1.82, 2.24) is 0 Å². The summed E-state index contributed by atoms with van der Waals surface area (Å²) in [5.74, 6) is -0.212. The van der Waals surface area contributed by atoms with Crippen molar-refractivity contribution in [2.45, 2.75) is 0 Å². The summed E-state index contributed by atoms with van der Waals surface area (Å²) in [6.45, 7) is 0. The molecule has 106 valence electrons. The molecule has 4 nitrogen and oxygen atoms in total. The largest absolute Gasteiger partial charge is 0.442 e. The van der Waals surface area contributed by atoms with Gasteiger partial charge in [-0.05, 0) is 28.5 Å². The van der Waals surface area contributed by atoms with Gasteiger partial charge in [-0.15, -0.1) is 0 Å². The number of rotatable bonds is 2. The molecule has 0 saturated heterocycles. The van der Waals surface area contributed by atoms with E-state index in [2.05, 4.69) is 0 Å². The van der Waals surface area contributed by atoms with E-state index in [-0.39, 0.29) is 5.88 Å². The summed E-state index contributed by atoms with van der Waals surface area (Å²) >= 11 is 0. The van der Waals surface area contributed by atoms with E-state index < -0.39 is 4.92 Å². The lowest BCUT2D eigenvalue weighted by atomic mass is 10.00. The zero-order valence-corrected chi connectivity index (χ0v) is 11.5. The van der Waals surface area contributed by atoms with Crippen LogP contribution in [-0.4, -0.2) is 4.92 Å². The van der Waals surface area contributed by atoms with Crippen LogP contribution in [0.5, 0.6) is 0 Å². The molecule has 0 radical (unpaired) electrons. The molecule has 0 fully saturated rings. The molecule has 3 aromatic carbocycles. The smallest absolute Gasteiger partial charge is 0.400 e. The summed E-state index contributed by atoms with van der Waals surface area (Å²) in [5, 5.41) is 14.2. The lowest BCUT2D eigenvalue weighted by molar-refractivity contribution is -0.400. The minimum atomic E-state index is -0.468. The van der Waals surface area contributed by atoms with Crippen LogP contribution in [0.15, 0.2) is 71.1 Å². The van der Waals surface area contributed by atoms with Crippen LogP contribution in [0, 0.1) is 10.1 Å². The number of hydrogen-bond donors (Lipinski definition) is 0. The maximum Gasteiger partial charge on any atom is 0.442 e.